The summed E-state index contributed by atoms with van der Waals surface area (Å²) in [6.45, 7) is -0.787. The zero-order chi connectivity index (χ0) is 13.5. The standard InChI is InChI=1S/C9H11F2N3O4.2H2O/c10-9(11)6(16)4(3-15)18-7(9)14-2-1-5(12)13-8(14)17;;/h1-2,4,6-7,15-16H,3H2,(H2,12,13,17);2*1H2/t4-,6-,7-;;/m1../s1. The number of aromatic nitrogens is 2. The van der Waals surface area contributed by atoms with Crippen LogP contribution < -0.4 is 11.4 Å². The van der Waals surface area contributed by atoms with Gasteiger partial charge in [-0.1, -0.05) is 0 Å². The molecule has 1 fully saturated rings. The van der Waals surface area contributed by atoms with Crippen molar-refractivity contribution >= 4 is 5.82 Å². The lowest BCUT2D eigenvalue weighted by molar-refractivity contribution is -0.140. The minimum absolute atomic E-state index is 0. The quantitative estimate of drug-likeness (QED) is 0.526. The fourth-order valence-corrected chi connectivity index (χ4v) is 1.72. The molecule has 11 heteroatoms. The highest BCUT2D eigenvalue weighted by Gasteiger charge is 2.59. The molecule has 1 aromatic heterocycles. The number of aliphatic hydroxyl groups is 2. The number of aliphatic hydroxyl groups excluding tert-OH is 2. The maximum atomic E-state index is 13.7. The summed E-state index contributed by atoms with van der Waals surface area (Å²) < 4.78 is 32.7. The number of anilines is 1. The van der Waals surface area contributed by atoms with Gasteiger partial charge in [0.1, 0.15) is 11.9 Å². The fourth-order valence-electron chi connectivity index (χ4n) is 1.72. The number of alkyl halides is 2. The van der Waals surface area contributed by atoms with Crippen molar-refractivity contribution in [1.29, 1.82) is 0 Å². The van der Waals surface area contributed by atoms with E-state index in [-0.39, 0.29) is 16.8 Å². The van der Waals surface area contributed by atoms with E-state index >= 15 is 0 Å². The van der Waals surface area contributed by atoms with E-state index in [4.69, 9.17) is 15.6 Å². The largest absolute Gasteiger partial charge is 0.412 e. The van der Waals surface area contributed by atoms with Crippen LogP contribution in [-0.2, 0) is 4.74 Å². The van der Waals surface area contributed by atoms with Crippen molar-refractivity contribution in [2.24, 2.45) is 0 Å². The van der Waals surface area contributed by atoms with Crippen LogP contribution in [0.4, 0.5) is 14.6 Å². The zero-order valence-electron chi connectivity index (χ0n) is 10.0. The number of hydrogen-bond donors (Lipinski definition) is 3. The third-order valence-electron chi connectivity index (χ3n) is 2.66. The van der Waals surface area contributed by atoms with Crippen molar-refractivity contribution in [3.63, 3.8) is 0 Å². The molecule has 0 radical (unpaired) electrons. The molecule has 1 aliphatic rings. The number of nitrogens with two attached hydrogens (primary N) is 1. The SMILES string of the molecule is Nc1ccn([C@@H]2O[C@H](CO)[C@@H](O)C2(F)F)c(=O)n1.O.O. The van der Waals surface area contributed by atoms with Gasteiger partial charge in [-0.05, 0) is 6.07 Å². The molecule has 1 aliphatic heterocycles. The van der Waals surface area contributed by atoms with E-state index in [1.54, 1.807) is 0 Å². The second-order valence-corrected chi connectivity index (χ2v) is 3.87. The van der Waals surface area contributed by atoms with Gasteiger partial charge in [0.15, 0.2) is 6.10 Å². The number of rotatable bonds is 2. The number of ether oxygens (including phenoxy) is 1. The van der Waals surface area contributed by atoms with E-state index in [0.29, 0.717) is 4.57 Å². The second-order valence-electron chi connectivity index (χ2n) is 3.87. The molecule has 0 aromatic carbocycles. The highest BCUT2D eigenvalue weighted by Crippen LogP contribution is 2.41. The first-order valence-corrected chi connectivity index (χ1v) is 5.04. The van der Waals surface area contributed by atoms with Gasteiger partial charge in [0.25, 0.3) is 0 Å². The van der Waals surface area contributed by atoms with Gasteiger partial charge in [-0.3, -0.25) is 4.57 Å². The Morgan fingerprint density at radius 2 is 2.10 bits per heavy atom. The Labute approximate surface area is 110 Å². The Morgan fingerprint density at radius 3 is 2.55 bits per heavy atom. The average molecular weight is 299 g/mol. The van der Waals surface area contributed by atoms with Crippen LogP contribution in [0.5, 0.6) is 0 Å². The second kappa shape index (κ2) is 6.19. The minimum Gasteiger partial charge on any atom is -0.412 e. The Hall–Kier alpha value is -1.66. The van der Waals surface area contributed by atoms with Gasteiger partial charge >= 0.3 is 11.6 Å². The lowest BCUT2D eigenvalue weighted by Crippen LogP contribution is -2.41. The maximum absolute atomic E-state index is 13.7. The topological polar surface area (TPSA) is 174 Å². The molecule has 1 saturated heterocycles. The molecule has 3 atom stereocenters. The van der Waals surface area contributed by atoms with Gasteiger partial charge in [-0.25, -0.2) is 4.79 Å². The first kappa shape index (κ1) is 18.3. The normalized spacial score (nSPS) is 27.5. The molecular formula is C9H15F2N3O6. The third-order valence-corrected chi connectivity index (χ3v) is 2.66. The monoisotopic (exact) mass is 299 g/mol. The summed E-state index contributed by atoms with van der Waals surface area (Å²) >= 11 is 0. The number of nitrogens with zero attached hydrogens (tertiary/aromatic N) is 2. The van der Waals surface area contributed by atoms with E-state index in [9.17, 15) is 18.7 Å². The highest BCUT2D eigenvalue weighted by atomic mass is 19.3. The van der Waals surface area contributed by atoms with Crippen LogP contribution >= 0.6 is 0 Å². The lowest BCUT2D eigenvalue weighted by Gasteiger charge is -2.20. The summed E-state index contributed by atoms with van der Waals surface area (Å²) in [5.74, 6) is -3.83. The van der Waals surface area contributed by atoms with Crippen molar-refractivity contribution in [3.8, 4) is 0 Å². The molecule has 20 heavy (non-hydrogen) atoms. The van der Waals surface area contributed by atoms with Crippen molar-refractivity contribution in [3.05, 3.63) is 22.7 Å². The van der Waals surface area contributed by atoms with Crippen molar-refractivity contribution in [2.75, 3.05) is 12.3 Å². The summed E-state index contributed by atoms with van der Waals surface area (Å²) in [6, 6.07) is 1.15. The molecule has 0 aliphatic carbocycles. The lowest BCUT2D eigenvalue weighted by atomic mass is 10.1. The van der Waals surface area contributed by atoms with E-state index in [0.717, 1.165) is 12.3 Å². The molecule has 0 spiro atoms. The van der Waals surface area contributed by atoms with Crippen LogP contribution in [0.15, 0.2) is 17.1 Å². The van der Waals surface area contributed by atoms with Crippen LogP contribution in [0, 0.1) is 0 Å². The molecule has 2 rings (SSSR count). The van der Waals surface area contributed by atoms with Crippen LogP contribution in [-0.4, -0.2) is 55.5 Å². The van der Waals surface area contributed by atoms with Crippen molar-refractivity contribution in [1.82, 2.24) is 9.55 Å². The smallest absolute Gasteiger partial charge is 0.351 e. The first-order valence-electron chi connectivity index (χ1n) is 5.04. The van der Waals surface area contributed by atoms with Crippen LogP contribution in [0.2, 0.25) is 0 Å². The molecule has 9 nitrogen and oxygen atoms in total. The molecular weight excluding hydrogens is 284 g/mol. The van der Waals surface area contributed by atoms with Gasteiger partial charge in [0.2, 0.25) is 6.23 Å². The average Bonchev–Trinajstić information content (AvgIpc) is 2.52. The third kappa shape index (κ3) is 2.76. The van der Waals surface area contributed by atoms with E-state index in [1.807, 2.05) is 0 Å². The summed E-state index contributed by atoms with van der Waals surface area (Å²) in [6.07, 6.45) is -4.69. The van der Waals surface area contributed by atoms with Crippen LogP contribution in [0.25, 0.3) is 0 Å². The van der Waals surface area contributed by atoms with Gasteiger partial charge in [0, 0.05) is 6.20 Å². The highest BCUT2D eigenvalue weighted by molar-refractivity contribution is 5.23. The molecule has 0 unspecified atom stereocenters. The van der Waals surface area contributed by atoms with Crippen LogP contribution in [0.3, 0.4) is 0 Å². The number of halogens is 2. The zero-order valence-corrected chi connectivity index (χ0v) is 10.0. The summed E-state index contributed by atoms with van der Waals surface area (Å²) in [5, 5.41) is 18.1. The first-order chi connectivity index (χ1) is 8.37. The summed E-state index contributed by atoms with van der Waals surface area (Å²) in [7, 11) is 0. The molecule has 8 N–H and O–H groups in total. The fraction of sp³-hybridized carbons (Fsp3) is 0.556. The van der Waals surface area contributed by atoms with Gasteiger partial charge in [-0.15, -0.1) is 0 Å². The predicted octanol–water partition coefficient (Wildman–Crippen LogP) is -2.94. The summed E-state index contributed by atoms with van der Waals surface area (Å²) in [4.78, 5) is 14.7. The van der Waals surface area contributed by atoms with Gasteiger partial charge in [-0.2, -0.15) is 13.8 Å². The van der Waals surface area contributed by atoms with E-state index in [2.05, 4.69) is 4.98 Å². The Balaban J connectivity index is 0.00000180. The van der Waals surface area contributed by atoms with Crippen molar-refractivity contribution < 1.29 is 34.7 Å². The van der Waals surface area contributed by atoms with Gasteiger partial charge < -0.3 is 31.6 Å². The summed E-state index contributed by atoms with van der Waals surface area (Å²) in [5.41, 5.74) is 4.21. The minimum atomic E-state index is -3.71. The molecule has 0 saturated carbocycles. The Bertz CT molecular complexity index is 511. The molecule has 1 aromatic rings. The van der Waals surface area contributed by atoms with Gasteiger partial charge in [0.05, 0.1) is 6.61 Å². The Kier molecular flexibility index (Phi) is 5.68. The molecule has 116 valence electrons. The maximum Gasteiger partial charge on any atom is 0.351 e. The van der Waals surface area contributed by atoms with Crippen molar-refractivity contribution in [2.45, 2.75) is 24.4 Å². The van der Waals surface area contributed by atoms with E-state index in [1.165, 1.54) is 0 Å². The Morgan fingerprint density at radius 1 is 1.50 bits per heavy atom. The number of nitrogen functional groups attached to an aromatic ring is 1. The van der Waals surface area contributed by atoms with Crippen LogP contribution in [0.1, 0.15) is 6.23 Å². The predicted molar refractivity (Wildman–Crippen MR) is 62.1 cm³/mol. The number of hydrogen-bond acceptors (Lipinski definition) is 6. The molecule has 0 bridgehead atoms. The van der Waals surface area contributed by atoms with E-state index < -0.39 is 36.7 Å². The molecule has 0 amide bonds. The molecule has 2 heterocycles.